The van der Waals surface area contributed by atoms with Gasteiger partial charge in [0.25, 0.3) is 5.91 Å². The van der Waals surface area contributed by atoms with Crippen LogP contribution in [0.4, 0.5) is 13.2 Å². The molecular weight excluding hydrogens is 346 g/mol. The number of amides is 1. The van der Waals surface area contributed by atoms with Crippen molar-refractivity contribution in [1.82, 2.24) is 5.32 Å². The third-order valence-corrected chi connectivity index (χ3v) is 3.70. The van der Waals surface area contributed by atoms with E-state index in [1.807, 2.05) is 22.6 Å². The van der Waals surface area contributed by atoms with Crippen LogP contribution in [-0.4, -0.2) is 17.6 Å². The fourth-order valence-electron chi connectivity index (χ4n) is 1.53. The van der Waals surface area contributed by atoms with E-state index in [1.165, 1.54) is 6.07 Å². The largest absolute Gasteiger partial charge is 0.411 e. The quantitative estimate of drug-likeness (QED) is 0.812. The van der Waals surface area contributed by atoms with Gasteiger partial charge >= 0.3 is 6.18 Å². The first kappa shape index (κ1) is 12.7. The van der Waals surface area contributed by atoms with Gasteiger partial charge in [0, 0.05) is 3.57 Å². The summed E-state index contributed by atoms with van der Waals surface area (Å²) in [7, 11) is 0. The van der Waals surface area contributed by atoms with Crippen LogP contribution >= 0.6 is 22.6 Å². The third-order valence-electron chi connectivity index (χ3n) is 2.76. The van der Waals surface area contributed by atoms with Crippen LogP contribution in [0.1, 0.15) is 23.2 Å². The molecule has 0 aromatic heterocycles. The first-order chi connectivity index (χ1) is 7.86. The van der Waals surface area contributed by atoms with Crippen LogP contribution in [0, 0.1) is 3.57 Å². The highest BCUT2D eigenvalue weighted by Gasteiger charge is 2.64. The summed E-state index contributed by atoms with van der Waals surface area (Å²) in [6.45, 7) is 0. The fourth-order valence-corrected chi connectivity index (χ4v) is 2.17. The molecule has 0 aliphatic heterocycles. The second-order valence-electron chi connectivity index (χ2n) is 4.01. The van der Waals surface area contributed by atoms with Gasteiger partial charge in [0.1, 0.15) is 5.54 Å². The van der Waals surface area contributed by atoms with Crippen molar-refractivity contribution in [2.24, 2.45) is 0 Å². The summed E-state index contributed by atoms with van der Waals surface area (Å²) < 4.78 is 38.6. The average Bonchev–Trinajstić information content (AvgIpc) is 2.98. The van der Waals surface area contributed by atoms with Crippen molar-refractivity contribution in [3.05, 3.63) is 33.4 Å². The van der Waals surface area contributed by atoms with Crippen molar-refractivity contribution >= 4 is 28.5 Å². The number of rotatable bonds is 2. The van der Waals surface area contributed by atoms with Gasteiger partial charge < -0.3 is 5.32 Å². The minimum absolute atomic E-state index is 0.0361. The van der Waals surface area contributed by atoms with Gasteiger partial charge in [-0.05, 0) is 47.6 Å². The van der Waals surface area contributed by atoms with Crippen LogP contribution in [0.15, 0.2) is 24.3 Å². The van der Waals surface area contributed by atoms with Crippen LogP contribution in [0.2, 0.25) is 0 Å². The van der Waals surface area contributed by atoms with Gasteiger partial charge in [0.2, 0.25) is 0 Å². The molecule has 2 rings (SSSR count). The minimum atomic E-state index is -4.37. The number of halogens is 4. The van der Waals surface area contributed by atoms with E-state index in [0.717, 1.165) is 0 Å². The van der Waals surface area contributed by atoms with E-state index in [4.69, 9.17) is 0 Å². The molecule has 1 fully saturated rings. The van der Waals surface area contributed by atoms with Crippen molar-refractivity contribution < 1.29 is 18.0 Å². The Hall–Kier alpha value is -0.790. The zero-order chi connectivity index (χ0) is 12.7. The lowest BCUT2D eigenvalue weighted by Gasteiger charge is -2.20. The molecule has 1 amide bonds. The van der Waals surface area contributed by atoms with Crippen LogP contribution in [-0.2, 0) is 0 Å². The summed E-state index contributed by atoms with van der Waals surface area (Å²) in [5, 5.41) is 2.10. The number of carbonyl (C=O) groups excluding carboxylic acids is 1. The molecule has 0 radical (unpaired) electrons. The lowest BCUT2D eigenvalue weighted by molar-refractivity contribution is -0.163. The van der Waals surface area contributed by atoms with Crippen molar-refractivity contribution in [3.63, 3.8) is 0 Å². The third kappa shape index (κ3) is 2.41. The van der Waals surface area contributed by atoms with Crippen molar-refractivity contribution in [3.8, 4) is 0 Å². The van der Waals surface area contributed by atoms with Gasteiger partial charge in [-0.2, -0.15) is 13.2 Å². The minimum Gasteiger partial charge on any atom is -0.338 e. The Morgan fingerprint density at radius 1 is 1.29 bits per heavy atom. The van der Waals surface area contributed by atoms with Crippen LogP contribution in [0.5, 0.6) is 0 Å². The van der Waals surface area contributed by atoms with Crippen LogP contribution in [0.25, 0.3) is 0 Å². The van der Waals surface area contributed by atoms with E-state index in [0.29, 0.717) is 3.57 Å². The summed E-state index contributed by atoms with van der Waals surface area (Å²) in [4.78, 5) is 11.8. The average molecular weight is 355 g/mol. The normalized spacial score (nSPS) is 17.6. The molecule has 17 heavy (non-hydrogen) atoms. The Labute approximate surface area is 110 Å². The fraction of sp³-hybridized carbons (Fsp3) is 0.364. The Morgan fingerprint density at radius 3 is 2.35 bits per heavy atom. The van der Waals surface area contributed by atoms with Gasteiger partial charge in [-0.1, -0.05) is 12.1 Å². The smallest absolute Gasteiger partial charge is 0.338 e. The molecule has 6 heteroatoms. The molecule has 0 heterocycles. The standard InChI is InChI=1S/C11H9F3INO/c12-11(13,14)10(5-6-10)16-9(17)7-3-1-2-4-8(7)15/h1-4H,5-6H2,(H,16,17). The maximum atomic E-state index is 12.7. The lowest BCUT2D eigenvalue weighted by Crippen LogP contribution is -2.48. The number of hydrogen-bond acceptors (Lipinski definition) is 1. The second-order valence-corrected chi connectivity index (χ2v) is 5.18. The van der Waals surface area contributed by atoms with E-state index in [1.54, 1.807) is 18.2 Å². The Balaban J connectivity index is 2.16. The van der Waals surface area contributed by atoms with Crippen molar-refractivity contribution in [2.45, 2.75) is 24.6 Å². The highest BCUT2D eigenvalue weighted by atomic mass is 127. The van der Waals surface area contributed by atoms with Gasteiger partial charge in [-0.3, -0.25) is 4.79 Å². The summed E-state index contributed by atoms with van der Waals surface area (Å²) in [5.74, 6) is -0.662. The lowest BCUT2D eigenvalue weighted by atomic mass is 10.2. The van der Waals surface area contributed by atoms with Crippen LogP contribution < -0.4 is 5.32 Å². The van der Waals surface area contributed by atoms with E-state index in [9.17, 15) is 18.0 Å². The number of alkyl halides is 3. The number of carbonyl (C=O) groups is 1. The maximum absolute atomic E-state index is 12.7. The molecule has 1 saturated carbocycles. The van der Waals surface area contributed by atoms with E-state index < -0.39 is 17.6 Å². The summed E-state index contributed by atoms with van der Waals surface area (Å²) in [6, 6.07) is 6.56. The zero-order valence-electron chi connectivity index (χ0n) is 8.64. The predicted octanol–water partition coefficient (Wildman–Crippen LogP) is 3.12. The first-order valence-corrected chi connectivity index (χ1v) is 6.07. The molecule has 1 aromatic carbocycles. The number of nitrogens with one attached hydrogen (secondary N) is 1. The SMILES string of the molecule is O=C(NC1(C(F)(F)F)CC1)c1ccccc1I. The summed E-state index contributed by atoms with van der Waals surface area (Å²) in [6.07, 6.45) is -4.44. The number of hydrogen-bond donors (Lipinski definition) is 1. The highest BCUT2D eigenvalue weighted by molar-refractivity contribution is 14.1. The zero-order valence-corrected chi connectivity index (χ0v) is 10.8. The molecule has 2 nitrogen and oxygen atoms in total. The topological polar surface area (TPSA) is 29.1 Å². The first-order valence-electron chi connectivity index (χ1n) is 4.99. The van der Waals surface area contributed by atoms with Gasteiger partial charge in [-0.25, -0.2) is 0 Å². The van der Waals surface area contributed by atoms with Crippen LogP contribution in [0.3, 0.4) is 0 Å². The van der Waals surface area contributed by atoms with Crippen molar-refractivity contribution in [1.29, 1.82) is 0 Å². The summed E-state index contributed by atoms with van der Waals surface area (Å²) in [5.41, 5.74) is -1.72. The highest BCUT2D eigenvalue weighted by Crippen LogP contribution is 2.49. The van der Waals surface area contributed by atoms with E-state index >= 15 is 0 Å². The molecule has 92 valence electrons. The predicted molar refractivity (Wildman–Crippen MR) is 64.6 cm³/mol. The van der Waals surface area contributed by atoms with Gasteiger partial charge in [-0.15, -0.1) is 0 Å². The molecule has 1 aliphatic carbocycles. The Morgan fingerprint density at radius 2 is 1.88 bits per heavy atom. The molecule has 1 N–H and O–H groups in total. The number of benzene rings is 1. The van der Waals surface area contributed by atoms with E-state index in [-0.39, 0.29) is 18.4 Å². The monoisotopic (exact) mass is 355 g/mol. The second kappa shape index (κ2) is 4.15. The maximum Gasteiger partial charge on any atom is 0.411 e. The molecule has 0 saturated heterocycles. The molecule has 1 aliphatic rings. The molecule has 0 unspecified atom stereocenters. The molecule has 0 atom stereocenters. The van der Waals surface area contributed by atoms with E-state index in [2.05, 4.69) is 5.32 Å². The Bertz CT molecular complexity index is 454. The summed E-state index contributed by atoms with van der Waals surface area (Å²) >= 11 is 1.93. The van der Waals surface area contributed by atoms with Gasteiger partial charge in [0.05, 0.1) is 5.56 Å². The molecule has 0 spiro atoms. The van der Waals surface area contributed by atoms with Gasteiger partial charge in [0.15, 0.2) is 0 Å². The van der Waals surface area contributed by atoms with Crippen molar-refractivity contribution in [2.75, 3.05) is 0 Å². The molecule has 0 bridgehead atoms. The Kier molecular flexibility index (Phi) is 3.09. The molecule has 1 aromatic rings. The molecular formula is C11H9F3INO.